The predicted molar refractivity (Wildman–Crippen MR) is 92.3 cm³/mol. The zero-order chi connectivity index (χ0) is 16.2. The van der Waals surface area contributed by atoms with Crippen LogP contribution in [0.25, 0.3) is 10.2 Å². The topological polar surface area (TPSA) is 56.5 Å². The monoisotopic (exact) mass is 325 g/mol. The fourth-order valence-electron chi connectivity index (χ4n) is 2.15. The molecule has 5 nitrogen and oxygen atoms in total. The molecular weight excluding hydrogens is 310 g/mol. The summed E-state index contributed by atoms with van der Waals surface area (Å²) in [5.74, 6) is 0.760. The molecule has 0 saturated heterocycles. The number of pyridine rings is 1. The van der Waals surface area contributed by atoms with Crippen LogP contribution in [-0.4, -0.2) is 16.7 Å². The number of hydrogen-bond donors (Lipinski definition) is 0. The van der Waals surface area contributed by atoms with Gasteiger partial charge < -0.3 is 4.74 Å². The van der Waals surface area contributed by atoms with Crippen LogP contribution in [0.1, 0.15) is 0 Å². The lowest BCUT2D eigenvalue weighted by Crippen LogP contribution is -2.31. The summed E-state index contributed by atoms with van der Waals surface area (Å²) in [5.41, 5.74) is 0.633. The van der Waals surface area contributed by atoms with Crippen molar-refractivity contribution < 1.29 is 4.74 Å². The fraction of sp³-hybridized carbons (Fsp3) is 0.118. The number of hydrogen-bond acceptors (Lipinski definition) is 5. The SMILES string of the molecule is C=CCn1c(=Nc2ccc(OC)cc2)sc2ncccc2c1=O. The molecule has 3 rings (SSSR count). The summed E-state index contributed by atoms with van der Waals surface area (Å²) in [6, 6.07) is 10.9. The molecule has 0 fully saturated rings. The molecule has 0 aliphatic carbocycles. The van der Waals surface area contributed by atoms with E-state index < -0.39 is 0 Å². The quantitative estimate of drug-likeness (QED) is 0.693. The largest absolute Gasteiger partial charge is 0.497 e. The first-order valence-corrected chi connectivity index (χ1v) is 7.83. The molecule has 6 heteroatoms. The van der Waals surface area contributed by atoms with Crippen molar-refractivity contribution in [2.45, 2.75) is 6.54 Å². The Bertz CT molecular complexity index is 972. The maximum absolute atomic E-state index is 12.6. The van der Waals surface area contributed by atoms with E-state index in [0.717, 1.165) is 11.4 Å². The number of allylic oxidation sites excluding steroid dienone is 1. The van der Waals surface area contributed by atoms with Gasteiger partial charge in [-0.2, -0.15) is 0 Å². The molecule has 1 aromatic carbocycles. The van der Waals surface area contributed by atoms with Crippen molar-refractivity contribution in [2.24, 2.45) is 4.99 Å². The third-order valence-corrected chi connectivity index (χ3v) is 4.29. The molecule has 0 N–H and O–H groups in total. The van der Waals surface area contributed by atoms with Crippen LogP contribution in [0.15, 0.2) is 65.0 Å². The summed E-state index contributed by atoms with van der Waals surface area (Å²) in [7, 11) is 1.62. The summed E-state index contributed by atoms with van der Waals surface area (Å²) < 4.78 is 6.74. The van der Waals surface area contributed by atoms with E-state index in [2.05, 4.69) is 16.6 Å². The predicted octanol–water partition coefficient (Wildman–Crippen LogP) is 2.89. The first-order valence-electron chi connectivity index (χ1n) is 7.01. The van der Waals surface area contributed by atoms with Crippen molar-refractivity contribution >= 4 is 27.2 Å². The van der Waals surface area contributed by atoms with E-state index in [1.165, 1.54) is 11.3 Å². The number of fused-ring (bicyclic) bond motifs is 1. The van der Waals surface area contributed by atoms with Gasteiger partial charge in [0.1, 0.15) is 10.6 Å². The fourth-order valence-corrected chi connectivity index (χ4v) is 3.12. The average molecular weight is 325 g/mol. The van der Waals surface area contributed by atoms with E-state index in [1.807, 2.05) is 24.3 Å². The molecule has 0 aliphatic rings. The third-order valence-electron chi connectivity index (χ3n) is 3.27. The van der Waals surface area contributed by atoms with Crippen LogP contribution in [0.3, 0.4) is 0 Å². The Morgan fingerprint density at radius 3 is 2.83 bits per heavy atom. The minimum Gasteiger partial charge on any atom is -0.497 e. The Morgan fingerprint density at radius 2 is 2.13 bits per heavy atom. The van der Waals surface area contributed by atoms with E-state index >= 15 is 0 Å². The number of nitrogens with zero attached hydrogens (tertiary/aromatic N) is 3. The van der Waals surface area contributed by atoms with Crippen molar-refractivity contribution in [2.75, 3.05) is 7.11 Å². The van der Waals surface area contributed by atoms with Crippen LogP contribution < -0.4 is 15.1 Å². The van der Waals surface area contributed by atoms with Crippen molar-refractivity contribution in [3.8, 4) is 5.75 Å². The number of rotatable bonds is 4. The molecule has 0 radical (unpaired) electrons. The first kappa shape index (κ1) is 15.2. The van der Waals surface area contributed by atoms with E-state index in [9.17, 15) is 4.79 Å². The average Bonchev–Trinajstić information content (AvgIpc) is 2.59. The van der Waals surface area contributed by atoms with Crippen LogP contribution in [0, 0.1) is 0 Å². The molecule has 2 aromatic heterocycles. The van der Waals surface area contributed by atoms with Gasteiger partial charge in [0.25, 0.3) is 5.56 Å². The van der Waals surface area contributed by atoms with Crippen molar-refractivity contribution in [3.05, 3.63) is 70.4 Å². The van der Waals surface area contributed by atoms with Crippen LogP contribution in [0.4, 0.5) is 5.69 Å². The number of aromatic nitrogens is 2. The van der Waals surface area contributed by atoms with Gasteiger partial charge in [-0.1, -0.05) is 17.4 Å². The Morgan fingerprint density at radius 1 is 1.35 bits per heavy atom. The Kier molecular flexibility index (Phi) is 4.34. The maximum Gasteiger partial charge on any atom is 0.263 e. The molecule has 3 aromatic rings. The normalized spacial score (nSPS) is 11.6. The zero-order valence-corrected chi connectivity index (χ0v) is 13.4. The smallest absolute Gasteiger partial charge is 0.263 e. The molecule has 0 atom stereocenters. The Hall–Kier alpha value is -2.73. The van der Waals surface area contributed by atoms with Crippen LogP contribution in [-0.2, 0) is 6.54 Å². The molecule has 0 unspecified atom stereocenters. The minimum absolute atomic E-state index is 0.112. The van der Waals surface area contributed by atoms with Gasteiger partial charge >= 0.3 is 0 Å². The van der Waals surface area contributed by atoms with Crippen LogP contribution in [0.5, 0.6) is 5.75 Å². The number of methoxy groups -OCH3 is 1. The second-order valence-corrected chi connectivity index (χ2v) is 5.71. The Labute approximate surface area is 136 Å². The van der Waals surface area contributed by atoms with Gasteiger partial charge in [0.2, 0.25) is 0 Å². The van der Waals surface area contributed by atoms with Crippen molar-refractivity contribution in [3.63, 3.8) is 0 Å². The van der Waals surface area contributed by atoms with Gasteiger partial charge in [0.05, 0.1) is 18.2 Å². The highest BCUT2D eigenvalue weighted by molar-refractivity contribution is 7.15. The summed E-state index contributed by atoms with van der Waals surface area (Å²) in [5, 5.41) is 0.591. The molecule has 23 heavy (non-hydrogen) atoms. The number of benzene rings is 1. The lowest BCUT2D eigenvalue weighted by atomic mass is 10.3. The Balaban J connectivity index is 2.25. The number of ether oxygens (including phenoxy) is 1. The lowest BCUT2D eigenvalue weighted by Gasteiger charge is -2.05. The molecule has 0 aliphatic heterocycles. The molecule has 0 amide bonds. The summed E-state index contributed by atoms with van der Waals surface area (Å²) in [6.45, 7) is 4.12. The van der Waals surface area contributed by atoms with E-state index in [4.69, 9.17) is 4.74 Å². The second kappa shape index (κ2) is 6.58. The van der Waals surface area contributed by atoms with Crippen LogP contribution >= 0.6 is 11.3 Å². The lowest BCUT2D eigenvalue weighted by molar-refractivity contribution is 0.415. The summed E-state index contributed by atoms with van der Waals surface area (Å²) in [6.07, 6.45) is 3.36. The second-order valence-electron chi connectivity index (χ2n) is 4.76. The van der Waals surface area contributed by atoms with Gasteiger partial charge in [-0.25, -0.2) is 9.98 Å². The molecule has 116 valence electrons. The molecule has 0 saturated carbocycles. The third kappa shape index (κ3) is 3.07. The molecule has 0 bridgehead atoms. The highest BCUT2D eigenvalue weighted by atomic mass is 32.1. The first-order chi connectivity index (χ1) is 11.2. The van der Waals surface area contributed by atoms with Gasteiger partial charge in [-0.05, 0) is 36.4 Å². The van der Waals surface area contributed by atoms with Gasteiger partial charge in [-0.15, -0.1) is 6.58 Å². The highest BCUT2D eigenvalue weighted by Gasteiger charge is 2.06. The summed E-state index contributed by atoms with van der Waals surface area (Å²) >= 11 is 1.38. The molecular formula is C17H15N3O2S. The summed E-state index contributed by atoms with van der Waals surface area (Å²) in [4.78, 5) is 22.7. The van der Waals surface area contributed by atoms with Crippen molar-refractivity contribution in [1.82, 2.24) is 9.55 Å². The van der Waals surface area contributed by atoms with Crippen molar-refractivity contribution in [1.29, 1.82) is 0 Å². The molecule has 0 spiro atoms. The zero-order valence-electron chi connectivity index (χ0n) is 12.6. The van der Waals surface area contributed by atoms with Gasteiger partial charge in [0.15, 0.2) is 4.80 Å². The van der Waals surface area contributed by atoms with Gasteiger partial charge in [0, 0.05) is 12.7 Å². The van der Waals surface area contributed by atoms with E-state index in [1.54, 1.807) is 36.1 Å². The van der Waals surface area contributed by atoms with E-state index in [0.29, 0.717) is 21.6 Å². The van der Waals surface area contributed by atoms with E-state index in [-0.39, 0.29) is 5.56 Å². The standard InChI is InChI=1S/C17H15N3O2S/c1-3-11-20-16(21)14-5-4-10-18-15(14)23-17(20)19-12-6-8-13(22-2)9-7-12/h3-10H,1,11H2,2H3. The van der Waals surface area contributed by atoms with Crippen LogP contribution in [0.2, 0.25) is 0 Å². The molecule has 2 heterocycles. The minimum atomic E-state index is -0.112. The maximum atomic E-state index is 12.6. The van der Waals surface area contributed by atoms with Gasteiger partial charge in [-0.3, -0.25) is 9.36 Å². The highest BCUT2D eigenvalue weighted by Crippen LogP contribution is 2.17.